The molecule has 1 rings (SSSR count). The summed E-state index contributed by atoms with van der Waals surface area (Å²) < 4.78 is 18.3. The van der Waals surface area contributed by atoms with E-state index in [9.17, 15) is 4.21 Å². The van der Waals surface area contributed by atoms with Crippen LogP contribution in [0.1, 0.15) is 59.3 Å². The molecule has 0 amide bonds. The Balaban J connectivity index is 2.86. The van der Waals surface area contributed by atoms with Crippen LogP contribution in [0.15, 0.2) is 35.2 Å². The number of hydrogen-bond acceptors (Lipinski definition) is 1. The number of hydrogen-bond donors (Lipinski definition) is 0. The molecule has 0 aliphatic rings. The van der Waals surface area contributed by atoms with Crippen molar-refractivity contribution in [1.29, 1.82) is 0 Å². The van der Waals surface area contributed by atoms with Crippen molar-refractivity contribution >= 4 is 29.2 Å². The van der Waals surface area contributed by atoms with Crippen LogP contribution in [0.4, 0.5) is 0 Å². The van der Waals surface area contributed by atoms with Crippen molar-refractivity contribution < 1.29 is 4.21 Å². The van der Waals surface area contributed by atoms with E-state index < -0.39 is 29.2 Å². The van der Waals surface area contributed by atoms with Crippen molar-refractivity contribution in [3.05, 3.63) is 30.3 Å². The van der Waals surface area contributed by atoms with Crippen molar-refractivity contribution in [2.45, 2.75) is 77.5 Å². The molecule has 1 aromatic rings. The second-order valence-electron chi connectivity index (χ2n) is 6.61. The summed E-state index contributed by atoms with van der Waals surface area (Å²) in [5, 5.41) is 0. The molecule has 1 nitrogen and oxygen atoms in total. The molecule has 0 aromatic heterocycles. The zero-order chi connectivity index (χ0) is 16.3. The van der Waals surface area contributed by atoms with Gasteiger partial charge in [0.2, 0.25) is 0 Å². The zero-order valence-electron chi connectivity index (χ0n) is 14.8. The maximum atomic E-state index is 12.9. The van der Waals surface area contributed by atoms with Crippen molar-refractivity contribution in [1.82, 2.24) is 0 Å². The SMILES string of the molecule is CCC[CH2][Sn]([CH2]CCC)([CH2]CCC)[CH2]S(=O)c1ccccc1. The Morgan fingerprint density at radius 3 is 1.68 bits per heavy atom. The summed E-state index contributed by atoms with van der Waals surface area (Å²) in [7, 11) is -0.770. The number of unbranched alkanes of at least 4 members (excludes halogenated alkanes) is 3. The monoisotopic (exact) mass is 430 g/mol. The second kappa shape index (κ2) is 11.7. The van der Waals surface area contributed by atoms with Gasteiger partial charge in [-0.3, -0.25) is 0 Å². The zero-order valence-corrected chi connectivity index (χ0v) is 18.4. The van der Waals surface area contributed by atoms with Crippen LogP contribution in [-0.4, -0.2) is 26.4 Å². The molecule has 0 spiro atoms. The van der Waals surface area contributed by atoms with Crippen LogP contribution in [0.3, 0.4) is 0 Å². The van der Waals surface area contributed by atoms with E-state index in [2.05, 4.69) is 20.8 Å². The van der Waals surface area contributed by atoms with E-state index in [0.717, 1.165) is 8.66 Å². The maximum absolute atomic E-state index is 12.9. The molecule has 126 valence electrons. The summed E-state index contributed by atoms with van der Waals surface area (Å²) in [6.07, 6.45) is 7.93. The van der Waals surface area contributed by atoms with Crippen LogP contribution in [-0.2, 0) is 10.8 Å². The third-order valence-electron chi connectivity index (χ3n) is 4.63. The van der Waals surface area contributed by atoms with Crippen LogP contribution in [0.25, 0.3) is 0 Å². The van der Waals surface area contributed by atoms with Crippen LogP contribution >= 0.6 is 0 Å². The van der Waals surface area contributed by atoms with E-state index in [4.69, 9.17) is 0 Å². The summed E-state index contributed by atoms with van der Waals surface area (Å²) in [5.41, 5.74) is 0. The van der Waals surface area contributed by atoms with E-state index in [0.29, 0.717) is 0 Å². The first-order valence-corrected chi connectivity index (χ1v) is 18.5. The van der Waals surface area contributed by atoms with E-state index in [1.165, 1.54) is 51.8 Å². The molecule has 1 atom stereocenters. The second-order valence-corrected chi connectivity index (χ2v) is 23.4. The Labute approximate surface area is 144 Å². The van der Waals surface area contributed by atoms with Gasteiger partial charge in [0.15, 0.2) is 0 Å². The molecular formula is C19H34OSSn. The van der Waals surface area contributed by atoms with Gasteiger partial charge in [-0.05, 0) is 0 Å². The molecule has 0 aliphatic carbocycles. The predicted octanol–water partition coefficient (Wildman–Crippen LogP) is 6.18. The van der Waals surface area contributed by atoms with Gasteiger partial charge in [0.25, 0.3) is 0 Å². The predicted molar refractivity (Wildman–Crippen MR) is 103 cm³/mol. The Morgan fingerprint density at radius 2 is 1.27 bits per heavy atom. The molecule has 1 aromatic carbocycles. The van der Waals surface area contributed by atoms with E-state index >= 15 is 0 Å². The molecule has 1 unspecified atom stereocenters. The van der Waals surface area contributed by atoms with Crippen molar-refractivity contribution in [3.8, 4) is 0 Å². The molecule has 0 radical (unpaired) electrons. The Bertz CT molecular complexity index is 397. The van der Waals surface area contributed by atoms with Gasteiger partial charge >= 0.3 is 145 Å². The minimum absolute atomic E-state index is 0.770. The van der Waals surface area contributed by atoms with Gasteiger partial charge in [0.1, 0.15) is 0 Å². The van der Waals surface area contributed by atoms with Crippen LogP contribution in [0.2, 0.25) is 13.3 Å². The van der Waals surface area contributed by atoms with Gasteiger partial charge in [0.05, 0.1) is 0 Å². The van der Waals surface area contributed by atoms with Gasteiger partial charge in [0, 0.05) is 0 Å². The summed E-state index contributed by atoms with van der Waals surface area (Å²) in [4.78, 5) is 1.05. The molecule has 0 fully saturated rings. The minimum atomic E-state index is -2.27. The Hall–Kier alpha value is 0.169. The normalized spacial score (nSPS) is 13.2. The van der Waals surface area contributed by atoms with E-state index in [1.807, 2.05) is 30.3 Å². The van der Waals surface area contributed by atoms with Crippen LogP contribution < -0.4 is 0 Å². The van der Waals surface area contributed by atoms with Gasteiger partial charge in [-0.25, -0.2) is 0 Å². The first-order chi connectivity index (χ1) is 10.7. The molecule has 0 N–H and O–H groups in total. The third kappa shape index (κ3) is 7.16. The molecule has 22 heavy (non-hydrogen) atoms. The number of benzene rings is 1. The van der Waals surface area contributed by atoms with Crippen molar-refractivity contribution in [2.75, 3.05) is 3.77 Å². The molecule has 3 heteroatoms. The van der Waals surface area contributed by atoms with Crippen LogP contribution in [0, 0.1) is 0 Å². The first kappa shape index (κ1) is 20.2. The average Bonchev–Trinajstić information content (AvgIpc) is 2.56. The summed E-state index contributed by atoms with van der Waals surface area (Å²) >= 11 is -2.27. The van der Waals surface area contributed by atoms with Gasteiger partial charge in [-0.15, -0.1) is 0 Å². The Morgan fingerprint density at radius 1 is 0.818 bits per heavy atom. The van der Waals surface area contributed by atoms with E-state index in [1.54, 1.807) is 0 Å². The summed E-state index contributed by atoms with van der Waals surface area (Å²) in [6.45, 7) is 6.89. The molecule has 0 bridgehead atoms. The fourth-order valence-electron chi connectivity index (χ4n) is 3.18. The van der Waals surface area contributed by atoms with Crippen molar-refractivity contribution in [3.63, 3.8) is 0 Å². The van der Waals surface area contributed by atoms with Crippen molar-refractivity contribution in [2.24, 2.45) is 0 Å². The average molecular weight is 429 g/mol. The number of rotatable bonds is 12. The molecule has 0 aliphatic heterocycles. The van der Waals surface area contributed by atoms with Crippen LogP contribution in [0.5, 0.6) is 0 Å². The summed E-state index contributed by atoms with van der Waals surface area (Å²) in [6, 6.07) is 10.2. The van der Waals surface area contributed by atoms with Gasteiger partial charge in [-0.2, -0.15) is 0 Å². The molecule has 0 saturated carbocycles. The fraction of sp³-hybridized carbons (Fsp3) is 0.684. The first-order valence-electron chi connectivity index (χ1n) is 9.11. The molecule has 0 heterocycles. The third-order valence-corrected chi connectivity index (χ3v) is 25.9. The topological polar surface area (TPSA) is 17.1 Å². The quantitative estimate of drug-likeness (QED) is 0.363. The standard InChI is InChI=1S/C7H7OS.3C4H9.Sn/c1-9(8)7-5-3-2-4-6-7;3*1-3-4-2;/h2-6H,1H2;3*1,3-4H2,2H3;. The fourth-order valence-corrected chi connectivity index (χ4v) is 26.3. The van der Waals surface area contributed by atoms with E-state index in [-0.39, 0.29) is 0 Å². The molecule has 0 saturated heterocycles. The van der Waals surface area contributed by atoms with Gasteiger partial charge < -0.3 is 0 Å². The Kier molecular flexibility index (Phi) is 10.7. The molecular weight excluding hydrogens is 395 g/mol. The van der Waals surface area contributed by atoms with Gasteiger partial charge in [-0.1, -0.05) is 0 Å². The summed E-state index contributed by atoms with van der Waals surface area (Å²) in [5.74, 6) is 0.